The largest absolute Gasteiger partial charge is 0.480 e. The number of rotatable bonds is 4. The van der Waals surface area contributed by atoms with Crippen molar-refractivity contribution in [3.63, 3.8) is 0 Å². The van der Waals surface area contributed by atoms with E-state index >= 15 is 0 Å². The van der Waals surface area contributed by atoms with Crippen molar-refractivity contribution < 1.29 is 13.5 Å². The molecule has 2 aromatic heterocycles. The van der Waals surface area contributed by atoms with Crippen LogP contribution in [0.1, 0.15) is 19.3 Å². The number of hydrogen-bond donors (Lipinski definition) is 2. The normalized spacial score (nSPS) is 21.2. The number of anilines is 4. The van der Waals surface area contributed by atoms with Crippen LogP contribution in [0.4, 0.5) is 31.9 Å². The average Bonchev–Trinajstić information content (AvgIpc) is 3.60. The monoisotopic (exact) mass is 488 g/mol. The first-order valence-electron chi connectivity index (χ1n) is 11.3. The number of ether oxygens (including phenoxy) is 1. The molecule has 0 spiro atoms. The Kier molecular flexibility index (Phi) is 4.84. The summed E-state index contributed by atoms with van der Waals surface area (Å²) >= 11 is 6.34. The van der Waals surface area contributed by atoms with E-state index in [1.165, 1.54) is 4.57 Å². The van der Waals surface area contributed by atoms with Crippen molar-refractivity contribution in [2.75, 3.05) is 35.2 Å². The van der Waals surface area contributed by atoms with Crippen molar-refractivity contribution in [1.82, 2.24) is 14.5 Å². The lowest BCUT2D eigenvalue weighted by Gasteiger charge is -2.31. The second-order valence-electron chi connectivity index (χ2n) is 9.14. The Morgan fingerprint density at radius 3 is 2.79 bits per heavy atom. The Balaban J connectivity index is 1.43. The number of alkyl halides is 2. The molecular formula is C23H23ClF2N6O2. The van der Waals surface area contributed by atoms with Crippen LogP contribution in [0.3, 0.4) is 0 Å². The zero-order valence-corrected chi connectivity index (χ0v) is 19.2. The van der Waals surface area contributed by atoms with Crippen LogP contribution in [0.15, 0.2) is 29.2 Å². The molecule has 1 saturated carbocycles. The van der Waals surface area contributed by atoms with E-state index in [4.69, 9.17) is 16.3 Å². The molecule has 1 atom stereocenters. The third-order valence-electron chi connectivity index (χ3n) is 6.74. The van der Waals surface area contributed by atoms with Crippen LogP contribution < -0.4 is 25.8 Å². The number of aryl methyl sites for hydroxylation is 1. The van der Waals surface area contributed by atoms with Crippen molar-refractivity contribution in [3.05, 3.63) is 39.8 Å². The molecule has 0 unspecified atom stereocenters. The summed E-state index contributed by atoms with van der Waals surface area (Å²) in [6, 6.07) is 4.26. The highest BCUT2D eigenvalue weighted by Gasteiger charge is 2.51. The molecule has 178 valence electrons. The molecule has 1 aromatic carbocycles. The summed E-state index contributed by atoms with van der Waals surface area (Å²) in [5.41, 5.74) is 1.08. The molecule has 6 rings (SSSR count). The topological polar surface area (TPSA) is 84.3 Å². The van der Waals surface area contributed by atoms with Crippen LogP contribution in [0.5, 0.6) is 5.75 Å². The molecule has 3 aliphatic rings. The minimum atomic E-state index is -3.09. The lowest BCUT2D eigenvalue weighted by Crippen LogP contribution is -2.44. The predicted octanol–water partition coefficient (Wildman–Crippen LogP) is 4.15. The van der Waals surface area contributed by atoms with Gasteiger partial charge in [0, 0.05) is 31.2 Å². The van der Waals surface area contributed by atoms with E-state index in [2.05, 4.69) is 25.5 Å². The summed E-state index contributed by atoms with van der Waals surface area (Å²) in [6.45, 7) is 0.966. The first-order chi connectivity index (χ1) is 16.3. The molecule has 1 aliphatic carbocycles. The fourth-order valence-electron chi connectivity index (χ4n) is 4.54. The maximum absolute atomic E-state index is 14.8. The van der Waals surface area contributed by atoms with Crippen molar-refractivity contribution >= 4 is 45.6 Å². The highest BCUT2D eigenvalue weighted by atomic mass is 35.5. The Morgan fingerprint density at radius 2 is 2.09 bits per heavy atom. The smallest absolute Gasteiger partial charge is 0.301 e. The molecular weight excluding hydrogens is 466 g/mol. The minimum Gasteiger partial charge on any atom is -0.480 e. The summed E-state index contributed by atoms with van der Waals surface area (Å²) in [6.07, 6.45) is 4.10. The first-order valence-corrected chi connectivity index (χ1v) is 11.7. The van der Waals surface area contributed by atoms with E-state index in [-0.39, 0.29) is 11.7 Å². The zero-order chi connectivity index (χ0) is 23.6. The number of nitrogens with zero attached hydrogens (tertiary/aromatic N) is 4. The van der Waals surface area contributed by atoms with Gasteiger partial charge in [0.15, 0.2) is 12.4 Å². The molecule has 3 aromatic rings. The summed E-state index contributed by atoms with van der Waals surface area (Å²) in [5.74, 6) is -2.28. The first kappa shape index (κ1) is 21.4. The molecule has 0 amide bonds. The quantitative estimate of drug-likeness (QED) is 0.570. The highest BCUT2D eigenvalue weighted by molar-refractivity contribution is 6.32. The van der Waals surface area contributed by atoms with Crippen molar-refractivity contribution in [3.8, 4) is 5.75 Å². The van der Waals surface area contributed by atoms with E-state index < -0.39 is 24.1 Å². The minimum absolute atomic E-state index is 0.0879. The van der Waals surface area contributed by atoms with E-state index in [0.717, 1.165) is 32.4 Å². The van der Waals surface area contributed by atoms with Gasteiger partial charge in [0.1, 0.15) is 5.02 Å². The van der Waals surface area contributed by atoms with Crippen LogP contribution in [-0.2, 0) is 7.05 Å². The van der Waals surface area contributed by atoms with Crippen LogP contribution in [-0.4, -0.2) is 46.2 Å². The van der Waals surface area contributed by atoms with E-state index in [0.29, 0.717) is 39.1 Å². The van der Waals surface area contributed by atoms with Crippen LogP contribution >= 0.6 is 11.6 Å². The third kappa shape index (κ3) is 3.51. The van der Waals surface area contributed by atoms with Crippen molar-refractivity contribution in [2.45, 2.75) is 31.2 Å². The Hall–Kier alpha value is -3.14. The summed E-state index contributed by atoms with van der Waals surface area (Å²) in [4.78, 5) is 23.8. The molecule has 34 heavy (non-hydrogen) atoms. The lowest BCUT2D eigenvalue weighted by molar-refractivity contribution is -0.0579. The van der Waals surface area contributed by atoms with Crippen molar-refractivity contribution in [1.29, 1.82) is 0 Å². The van der Waals surface area contributed by atoms with Gasteiger partial charge in [-0.15, -0.1) is 0 Å². The number of nitrogens with one attached hydrogen (secondary N) is 2. The van der Waals surface area contributed by atoms with Crippen LogP contribution in [0.2, 0.25) is 5.02 Å². The van der Waals surface area contributed by atoms with Gasteiger partial charge in [0.25, 0.3) is 5.56 Å². The van der Waals surface area contributed by atoms with E-state index in [1.807, 2.05) is 0 Å². The molecule has 0 radical (unpaired) electrons. The molecule has 2 N–H and O–H groups in total. The number of benzene rings is 1. The Labute approximate surface area is 198 Å². The zero-order valence-electron chi connectivity index (χ0n) is 18.4. The van der Waals surface area contributed by atoms with Gasteiger partial charge in [0.2, 0.25) is 11.7 Å². The molecule has 2 aliphatic heterocycles. The average molecular weight is 489 g/mol. The fourth-order valence-corrected chi connectivity index (χ4v) is 4.68. The van der Waals surface area contributed by atoms with Crippen molar-refractivity contribution in [2.24, 2.45) is 13.0 Å². The standard InChI is InChI=1S/C23H23ClF2N6O2/c1-31-16-6-5-13(28-20-15(24)10-27-22(30-20)32-7-2-8-32)9-14(16)17-18(21(31)33)34-11-23(25,26)19(29-17)12-3-4-12/h5-6,9-10,12,19,29H,2-4,7-8,11H2,1H3,(H,27,28,30)/t19-/m0/s1. The van der Waals surface area contributed by atoms with Gasteiger partial charge in [-0.25, -0.2) is 13.8 Å². The number of pyridine rings is 1. The second-order valence-corrected chi connectivity index (χ2v) is 9.55. The van der Waals surface area contributed by atoms with Crippen LogP contribution in [0.25, 0.3) is 10.9 Å². The molecule has 1 saturated heterocycles. The maximum Gasteiger partial charge on any atom is 0.301 e. The summed E-state index contributed by atoms with van der Waals surface area (Å²) in [5, 5.41) is 7.16. The highest BCUT2D eigenvalue weighted by Crippen LogP contribution is 2.45. The Bertz CT molecular complexity index is 1360. The summed E-state index contributed by atoms with van der Waals surface area (Å²) < 4.78 is 36.5. The van der Waals surface area contributed by atoms with Gasteiger partial charge < -0.3 is 24.8 Å². The van der Waals surface area contributed by atoms with Gasteiger partial charge in [-0.05, 0) is 43.4 Å². The molecule has 2 fully saturated rings. The molecule has 0 bridgehead atoms. The van der Waals surface area contributed by atoms with Gasteiger partial charge in [0.05, 0.1) is 23.4 Å². The van der Waals surface area contributed by atoms with E-state index in [1.54, 1.807) is 31.4 Å². The molecule has 11 heteroatoms. The molecule has 8 nitrogen and oxygen atoms in total. The van der Waals surface area contributed by atoms with Gasteiger partial charge in [-0.1, -0.05) is 11.6 Å². The maximum atomic E-state index is 14.8. The second kappa shape index (κ2) is 7.69. The van der Waals surface area contributed by atoms with E-state index in [9.17, 15) is 13.6 Å². The SMILES string of the molecule is Cn1c(=O)c2c(c3cc(Nc4nc(N5CCC5)ncc4Cl)ccc31)N[C@@H](C1CC1)C(F)(F)CO2. The lowest BCUT2D eigenvalue weighted by atomic mass is 10.0. The number of aromatic nitrogens is 3. The fraction of sp³-hybridized carbons (Fsp3) is 0.435. The van der Waals surface area contributed by atoms with Gasteiger partial charge in [-0.3, -0.25) is 4.79 Å². The summed E-state index contributed by atoms with van der Waals surface area (Å²) in [7, 11) is 1.60. The van der Waals surface area contributed by atoms with Gasteiger partial charge >= 0.3 is 5.92 Å². The molecule has 4 heterocycles. The van der Waals surface area contributed by atoms with Gasteiger partial charge in [-0.2, -0.15) is 4.98 Å². The number of hydrogen-bond acceptors (Lipinski definition) is 7. The Morgan fingerprint density at radius 1 is 1.29 bits per heavy atom. The predicted molar refractivity (Wildman–Crippen MR) is 127 cm³/mol. The number of halogens is 3. The number of fused-ring (bicyclic) bond motifs is 3. The third-order valence-corrected chi connectivity index (χ3v) is 7.02. The van der Waals surface area contributed by atoms with Crippen LogP contribution in [0, 0.1) is 5.92 Å².